The van der Waals surface area contributed by atoms with E-state index in [2.05, 4.69) is 16.4 Å². The van der Waals surface area contributed by atoms with Crippen molar-refractivity contribution in [3.63, 3.8) is 0 Å². The van der Waals surface area contributed by atoms with E-state index in [1.165, 1.54) is 36.1 Å². The maximum Gasteiger partial charge on any atom is 0.268 e. The summed E-state index contributed by atoms with van der Waals surface area (Å²) in [6, 6.07) is 2.28. The molecule has 1 aromatic carbocycles. The Balaban J connectivity index is 1.78. The van der Waals surface area contributed by atoms with E-state index in [0.29, 0.717) is 0 Å². The molecule has 0 saturated carbocycles. The van der Waals surface area contributed by atoms with Gasteiger partial charge in [0.25, 0.3) is 5.91 Å². The molecule has 0 bridgehead atoms. The zero-order chi connectivity index (χ0) is 20.3. The number of rotatable bonds is 4. The average Bonchev–Trinajstić information content (AvgIpc) is 3.31. The smallest absolute Gasteiger partial charge is 0.268 e. The second kappa shape index (κ2) is 6.62. The minimum Gasteiger partial charge on any atom is -0.383 e. The second-order valence-electron chi connectivity index (χ2n) is 8.00. The van der Waals surface area contributed by atoms with E-state index in [-0.39, 0.29) is 14.9 Å². The zero-order valence-electron chi connectivity index (χ0n) is 15.9. The molecule has 0 aliphatic heterocycles. The van der Waals surface area contributed by atoms with Crippen molar-refractivity contribution in [2.45, 2.75) is 63.0 Å². The molecule has 1 amide bonds. The molecule has 7 nitrogen and oxygen atoms in total. The molecule has 2 aliphatic carbocycles. The quantitative estimate of drug-likeness (QED) is 0.606. The van der Waals surface area contributed by atoms with Gasteiger partial charge in [0.05, 0.1) is 0 Å². The Hall–Kier alpha value is -1.81. The topological polar surface area (TPSA) is 129 Å². The molecule has 9 heteroatoms. The van der Waals surface area contributed by atoms with Gasteiger partial charge in [0.1, 0.15) is 15.5 Å². The lowest BCUT2D eigenvalue weighted by molar-refractivity contribution is 0.0778. The van der Waals surface area contributed by atoms with E-state index in [0.717, 1.165) is 55.5 Å². The summed E-state index contributed by atoms with van der Waals surface area (Å²) in [5.74, 6) is -0.470. The molecule has 0 saturated heterocycles. The van der Waals surface area contributed by atoms with E-state index in [1.807, 2.05) is 0 Å². The third kappa shape index (κ3) is 3.36. The molecule has 1 unspecified atom stereocenters. The summed E-state index contributed by atoms with van der Waals surface area (Å²) >= 11 is 0.935. The normalized spacial score (nSPS) is 17.9. The van der Waals surface area contributed by atoms with Gasteiger partial charge in [-0.2, -0.15) is 0 Å². The number of nitrogens with one attached hydrogen (secondary N) is 2. The summed E-state index contributed by atoms with van der Waals surface area (Å²) in [7, 11) is -3.71. The molecule has 28 heavy (non-hydrogen) atoms. The van der Waals surface area contributed by atoms with Crippen LogP contribution in [0.4, 0.5) is 5.69 Å². The van der Waals surface area contributed by atoms with Crippen LogP contribution in [0, 0.1) is 4.78 Å². The van der Waals surface area contributed by atoms with Crippen molar-refractivity contribution in [1.29, 1.82) is 4.78 Å². The number of thiazole rings is 1. The fourth-order valence-electron chi connectivity index (χ4n) is 4.05. The van der Waals surface area contributed by atoms with Gasteiger partial charge < -0.3 is 10.4 Å². The molecule has 2 aliphatic rings. The molecule has 1 aromatic heterocycles. The number of benzene rings is 1. The van der Waals surface area contributed by atoms with Crippen molar-refractivity contribution in [2.24, 2.45) is 5.14 Å². The Morgan fingerprint density at radius 1 is 1.25 bits per heavy atom. The van der Waals surface area contributed by atoms with Gasteiger partial charge in [-0.15, -0.1) is 11.3 Å². The van der Waals surface area contributed by atoms with Crippen LogP contribution in [-0.2, 0) is 41.2 Å². The van der Waals surface area contributed by atoms with Gasteiger partial charge in [0.15, 0.2) is 14.9 Å². The average molecular weight is 421 g/mol. The fourth-order valence-corrected chi connectivity index (χ4v) is 6.06. The first-order valence-corrected chi connectivity index (χ1v) is 11.8. The molecule has 150 valence electrons. The molecule has 0 fully saturated rings. The van der Waals surface area contributed by atoms with Gasteiger partial charge in [0.2, 0.25) is 0 Å². The Bertz CT molecular complexity index is 1050. The molecule has 1 heterocycles. The summed E-state index contributed by atoms with van der Waals surface area (Å²) in [4.78, 5) is 17.2. The second-order valence-corrected chi connectivity index (χ2v) is 10.6. The van der Waals surface area contributed by atoms with Crippen LogP contribution in [0.15, 0.2) is 11.1 Å². The van der Waals surface area contributed by atoms with Gasteiger partial charge in [-0.1, -0.05) is 6.07 Å². The van der Waals surface area contributed by atoms with Gasteiger partial charge in [-0.05, 0) is 74.6 Å². The number of nitrogens with two attached hydrogens (primary N) is 1. The van der Waals surface area contributed by atoms with Crippen LogP contribution < -0.4 is 10.5 Å². The predicted molar refractivity (Wildman–Crippen MR) is 109 cm³/mol. The minimum atomic E-state index is -3.71. The maximum atomic E-state index is 13.1. The van der Waals surface area contributed by atoms with Gasteiger partial charge >= 0.3 is 0 Å². The highest BCUT2D eigenvalue weighted by molar-refractivity contribution is 7.90. The number of hydrogen-bond acceptors (Lipinski definition) is 6. The monoisotopic (exact) mass is 420 g/mol. The van der Waals surface area contributed by atoms with Crippen molar-refractivity contribution < 1.29 is 14.1 Å². The lowest BCUT2D eigenvalue weighted by Crippen LogP contribution is -2.20. The third-order valence-corrected chi connectivity index (χ3v) is 7.69. The van der Waals surface area contributed by atoms with E-state index >= 15 is 0 Å². The number of carbonyl (C=O) groups excluding carboxylic acids is 1. The summed E-state index contributed by atoms with van der Waals surface area (Å²) in [6.45, 7) is 3.05. The number of fused-ring (bicyclic) bond motifs is 2. The Morgan fingerprint density at radius 3 is 2.32 bits per heavy atom. The van der Waals surface area contributed by atoms with Crippen molar-refractivity contribution in [1.82, 2.24) is 4.98 Å². The first-order valence-electron chi connectivity index (χ1n) is 9.34. The number of carbonyl (C=O) groups is 1. The number of anilines is 1. The van der Waals surface area contributed by atoms with E-state index in [4.69, 9.17) is 9.92 Å². The Labute approximate surface area is 168 Å². The third-order valence-electron chi connectivity index (χ3n) is 5.32. The van der Waals surface area contributed by atoms with Crippen molar-refractivity contribution in [3.05, 3.63) is 38.2 Å². The Morgan fingerprint density at radius 2 is 1.82 bits per heavy atom. The van der Waals surface area contributed by atoms with Crippen molar-refractivity contribution in [2.75, 3.05) is 5.32 Å². The van der Waals surface area contributed by atoms with Crippen molar-refractivity contribution in [3.8, 4) is 0 Å². The highest BCUT2D eigenvalue weighted by Crippen LogP contribution is 2.39. The maximum absolute atomic E-state index is 13.1. The summed E-state index contributed by atoms with van der Waals surface area (Å²) in [5, 5.41) is 18.7. The van der Waals surface area contributed by atoms with Crippen LogP contribution in [0.25, 0.3) is 0 Å². The predicted octanol–water partition coefficient (Wildman–Crippen LogP) is 2.88. The lowest BCUT2D eigenvalue weighted by Gasteiger charge is -2.16. The number of aliphatic hydroxyl groups is 1. The van der Waals surface area contributed by atoms with Crippen LogP contribution in [0.5, 0.6) is 0 Å². The molecule has 0 radical (unpaired) electrons. The molecule has 1 atom stereocenters. The van der Waals surface area contributed by atoms with Crippen LogP contribution in [0.3, 0.4) is 0 Å². The highest BCUT2D eigenvalue weighted by Gasteiger charge is 2.31. The highest BCUT2D eigenvalue weighted by atomic mass is 32.2. The molecule has 0 spiro atoms. The minimum absolute atomic E-state index is 0.0296. The number of nitrogens with zero attached hydrogens (tertiary/aromatic N) is 1. The van der Waals surface area contributed by atoms with Gasteiger partial charge in [-0.25, -0.2) is 19.1 Å². The number of hydrogen-bond donors (Lipinski definition) is 4. The number of aromatic nitrogens is 1. The van der Waals surface area contributed by atoms with Gasteiger partial charge in [-0.3, -0.25) is 4.79 Å². The molecule has 4 rings (SSSR count). The van der Waals surface area contributed by atoms with E-state index < -0.39 is 21.4 Å². The fraction of sp³-hybridized carbons (Fsp3) is 0.474. The molecular weight excluding hydrogens is 396 g/mol. The SMILES string of the molecule is CC(C)(O)c1nc(S(=N)(N)=O)c(C(=O)Nc2c3c(cc4c2CCC4)CCC3)s1. The first kappa shape index (κ1) is 19.5. The van der Waals surface area contributed by atoms with Crippen LogP contribution in [0.1, 0.15) is 63.6 Å². The lowest BCUT2D eigenvalue weighted by atomic mass is 9.98. The van der Waals surface area contributed by atoms with Crippen LogP contribution in [0.2, 0.25) is 0 Å². The number of aryl methyl sites for hydroxylation is 2. The zero-order valence-corrected chi connectivity index (χ0v) is 17.6. The van der Waals surface area contributed by atoms with E-state index in [1.54, 1.807) is 0 Å². The first-order chi connectivity index (χ1) is 13.1. The summed E-state index contributed by atoms with van der Waals surface area (Å²) in [6.07, 6.45) is 6.02. The standard InChI is InChI=1S/C19H24N4O3S2/c1-19(2,25)18-23-17(28(20,21)26)15(27-18)16(24)22-14-12-7-3-5-10(12)9-11-6-4-8-13(11)14/h9,25H,3-8H2,1-2H3,(H,22,24)(H3,20,21,26). The molecular formula is C19H24N4O3S2. The van der Waals surface area contributed by atoms with E-state index in [9.17, 15) is 14.1 Å². The van der Waals surface area contributed by atoms with Crippen LogP contribution in [-0.4, -0.2) is 20.2 Å². The largest absolute Gasteiger partial charge is 0.383 e. The molecule has 5 N–H and O–H groups in total. The molecule has 2 aromatic rings. The number of amides is 1. The summed E-state index contributed by atoms with van der Waals surface area (Å²) in [5.41, 5.74) is 4.49. The van der Waals surface area contributed by atoms with Gasteiger partial charge in [0, 0.05) is 5.69 Å². The van der Waals surface area contributed by atoms with Crippen LogP contribution >= 0.6 is 11.3 Å². The van der Waals surface area contributed by atoms with Crippen molar-refractivity contribution >= 4 is 32.8 Å². The summed E-state index contributed by atoms with van der Waals surface area (Å²) < 4.78 is 19.9. The Kier molecular flexibility index (Phi) is 4.61.